The molecule has 1 aliphatic heterocycles. The Bertz CT molecular complexity index is 1500. The average Bonchev–Trinajstić information content (AvgIpc) is 3.43. The Morgan fingerprint density at radius 2 is 2.24 bits per heavy atom. The van der Waals surface area contributed by atoms with Crippen LogP contribution in [0.3, 0.4) is 0 Å². The summed E-state index contributed by atoms with van der Waals surface area (Å²) in [6, 6.07) is 5.19. The van der Waals surface area contributed by atoms with Crippen molar-refractivity contribution in [2.24, 2.45) is 0 Å². The zero-order valence-electron chi connectivity index (χ0n) is 23.2. The second-order valence-electron chi connectivity index (χ2n) is 7.74. The Morgan fingerprint density at radius 3 is 3.03 bits per heavy atom. The summed E-state index contributed by atoms with van der Waals surface area (Å²) in [7, 11) is -2.92. The van der Waals surface area contributed by atoms with Crippen LogP contribution in [0.4, 0.5) is 19.1 Å². The number of hydrogen-bond donors (Lipinski definition) is 1. The number of piperidine rings is 1. The Labute approximate surface area is 195 Å². The van der Waals surface area contributed by atoms with Gasteiger partial charge in [0.05, 0.1) is 35.8 Å². The maximum Gasteiger partial charge on any atom is 0.280 e. The minimum atomic E-state index is -3.44. The monoisotopic (exact) mass is 466 g/mol. The normalized spacial score (nSPS) is 22.2. The van der Waals surface area contributed by atoms with Crippen molar-refractivity contribution in [3.63, 3.8) is 0 Å². The molecule has 5 rings (SSSR count). The lowest BCUT2D eigenvalue weighted by Crippen LogP contribution is -2.53. The third-order valence-corrected chi connectivity index (χ3v) is 5.60. The van der Waals surface area contributed by atoms with E-state index in [1.54, 1.807) is 24.3 Å². The fourth-order valence-electron chi connectivity index (χ4n) is 4.01. The van der Waals surface area contributed by atoms with Crippen LogP contribution in [0.15, 0.2) is 30.5 Å². The summed E-state index contributed by atoms with van der Waals surface area (Å²) >= 11 is 0. The van der Waals surface area contributed by atoms with Crippen molar-refractivity contribution in [1.29, 1.82) is 0 Å². The molecular formula is C21H23F3N8O. The Hall–Kier alpha value is -3.41. The van der Waals surface area contributed by atoms with Gasteiger partial charge < -0.3 is 15.0 Å². The number of methoxy groups -OCH3 is 1. The SMILES string of the molecule is [2H]C([2H])([2H])Oc1nc(N[C@@H]2CCN(C([2H])([2H])[2H])CC2(F)F)nn2ccc(-c3ccc4nnn(CCF)c4c3)c12. The number of alkyl halides is 3. The van der Waals surface area contributed by atoms with Crippen molar-refractivity contribution in [3.8, 4) is 17.0 Å². The first-order valence-electron chi connectivity index (χ1n) is 13.1. The number of ether oxygens (including phenoxy) is 1. The molecule has 174 valence electrons. The highest BCUT2D eigenvalue weighted by Crippen LogP contribution is 2.34. The number of rotatable bonds is 6. The van der Waals surface area contributed by atoms with Crippen LogP contribution in [0.2, 0.25) is 0 Å². The van der Waals surface area contributed by atoms with Crippen molar-refractivity contribution in [1.82, 2.24) is 34.5 Å². The lowest BCUT2D eigenvalue weighted by atomic mass is 10.0. The lowest BCUT2D eigenvalue weighted by molar-refractivity contribution is -0.0675. The van der Waals surface area contributed by atoms with Crippen LogP contribution in [0, 0.1) is 0 Å². The molecule has 0 bridgehead atoms. The molecule has 1 N–H and O–H groups in total. The molecular weight excluding hydrogens is 437 g/mol. The molecule has 1 saturated heterocycles. The Balaban J connectivity index is 1.53. The van der Waals surface area contributed by atoms with Gasteiger partial charge >= 0.3 is 0 Å². The van der Waals surface area contributed by atoms with Crippen LogP contribution in [-0.2, 0) is 6.54 Å². The lowest BCUT2D eigenvalue weighted by Gasteiger charge is -2.36. The van der Waals surface area contributed by atoms with E-state index in [1.807, 2.05) is 0 Å². The second-order valence-corrected chi connectivity index (χ2v) is 7.74. The number of likely N-dealkylation sites (tertiary alicyclic amines) is 1. The highest BCUT2D eigenvalue weighted by Gasteiger charge is 2.44. The van der Waals surface area contributed by atoms with Crippen LogP contribution in [0.5, 0.6) is 5.88 Å². The molecule has 33 heavy (non-hydrogen) atoms. The van der Waals surface area contributed by atoms with Gasteiger partial charge in [0.2, 0.25) is 11.8 Å². The van der Waals surface area contributed by atoms with Crippen molar-refractivity contribution in [2.75, 3.05) is 39.1 Å². The van der Waals surface area contributed by atoms with Gasteiger partial charge in [-0.05, 0) is 37.2 Å². The number of anilines is 1. The van der Waals surface area contributed by atoms with Gasteiger partial charge in [0, 0.05) is 22.4 Å². The van der Waals surface area contributed by atoms with Crippen molar-refractivity contribution in [3.05, 3.63) is 30.5 Å². The van der Waals surface area contributed by atoms with Crippen LogP contribution in [0.1, 0.15) is 14.6 Å². The summed E-state index contributed by atoms with van der Waals surface area (Å²) in [5.74, 6) is -4.15. The average molecular weight is 467 g/mol. The fourth-order valence-corrected chi connectivity index (χ4v) is 4.01. The molecule has 0 unspecified atom stereocenters. The number of aromatic nitrogens is 6. The van der Waals surface area contributed by atoms with E-state index in [-0.39, 0.29) is 36.9 Å². The van der Waals surface area contributed by atoms with Gasteiger partial charge in [0.1, 0.15) is 17.7 Å². The zero-order chi connectivity index (χ0) is 28.2. The van der Waals surface area contributed by atoms with Gasteiger partial charge in [-0.2, -0.15) is 4.98 Å². The first-order valence-corrected chi connectivity index (χ1v) is 10.1. The smallest absolute Gasteiger partial charge is 0.280 e. The topological polar surface area (TPSA) is 85.4 Å². The van der Waals surface area contributed by atoms with Crippen LogP contribution in [-0.4, -0.2) is 80.2 Å². The number of hydrogen-bond acceptors (Lipinski definition) is 7. The number of aryl methyl sites for hydroxylation is 1. The summed E-state index contributed by atoms with van der Waals surface area (Å²) in [5, 5.41) is 14.7. The summed E-state index contributed by atoms with van der Waals surface area (Å²) in [4.78, 5) is 4.83. The van der Waals surface area contributed by atoms with Gasteiger partial charge in [0.25, 0.3) is 5.92 Å². The fraction of sp³-hybridized carbons (Fsp3) is 0.429. The molecule has 9 nitrogen and oxygen atoms in total. The molecule has 0 spiro atoms. The summed E-state index contributed by atoms with van der Waals surface area (Å²) < 4.78 is 95.5. The molecule has 1 atom stereocenters. The number of halogens is 3. The third-order valence-electron chi connectivity index (χ3n) is 5.60. The molecule has 4 aromatic rings. The summed E-state index contributed by atoms with van der Waals surface area (Å²) in [6.07, 6.45) is 1.26. The van der Waals surface area contributed by atoms with Crippen LogP contribution < -0.4 is 10.1 Å². The van der Waals surface area contributed by atoms with Gasteiger partial charge in [-0.25, -0.2) is 22.4 Å². The number of nitrogens with one attached hydrogen (secondary N) is 1. The molecule has 1 aliphatic rings. The van der Waals surface area contributed by atoms with E-state index in [4.69, 9.17) is 13.0 Å². The predicted molar refractivity (Wildman–Crippen MR) is 117 cm³/mol. The van der Waals surface area contributed by atoms with E-state index in [0.29, 0.717) is 22.2 Å². The maximum atomic E-state index is 14.9. The van der Waals surface area contributed by atoms with E-state index in [2.05, 4.69) is 25.7 Å². The van der Waals surface area contributed by atoms with Gasteiger partial charge in [-0.15, -0.1) is 10.2 Å². The zero-order valence-corrected chi connectivity index (χ0v) is 17.2. The minimum absolute atomic E-state index is 0.00205. The van der Waals surface area contributed by atoms with Crippen molar-refractivity contribution in [2.45, 2.75) is 24.9 Å². The largest absolute Gasteiger partial charge is 0.479 e. The van der Waals surface area contributed by atoms with E-state index in [9.17, 15) is 13.2 Å². The van der Waals surface area contributed by atoms with Gasteiger partial charge in [-0.1, -0.05) is 11.3 Å². The van der Waals surface area contributed by atoms with E-state index in [1.165, 1.54) is 15.4 Å². The molecule has 1 aromatic carbocycles. The molecule has 0 radical (unpaired) electrons. The molecule has 12 heteroatoms. The molecule has 3 aromatic heterocycles. The van der Waals surface area contributed by atoms with Crippen LogP contribution in [0.25, 0.3) is 27.7 Å². The maximum absolute atomic E-state index is 14.9. The first-order chi connectivity index (χ1) is 18.2. The Kier molecular flexibility index (Phi) is 3.82. The molecule has 0 amide bonds. The van der Waals surface area contributed by atoms with Gasteiger partial charge in [0.15, 0.2) is 0 Å². The quantitative estimate of drug-likeness (QED) is 0.468. The first kappa shape index (κ1) is 15.4. The molecule has 0 aliphatic carbocycles. The number of benzene rings is 1. The summed E-state index contributed by atoms with van der Waals surface area (Å²) in [6.45, 7) is -4.42. The van der Waals surface area contributed by atoms with Crippen molar-refractivity contribution < 1.29 is 26.1 Å². The highest BCUT2D eigenvalue weighted by molar-refractivity contribution is 5.89. The molecule has 4 heterocycles. The standard InChI is InChI=1S/C21H23F3N8O/c1-30-8-6-17(21(23,24)12-30)25-20-26-19(33-2)18-14(5-9-32(18)28-20)13-3-4-15-16(11-13)31(10-7-22)29-27-15/h3-5,9,11,17H,6-8,10,12H2,1-2H3,(H,25,28)/t17-/m1/s1/i1D3,2D3. The molecule has 0 saturated carbocycles. The second kappa shape index (κ2) is 8.18. The third kappa shape index (κ3) is 3.84. The minimum Gasteiger partial charge on any atom is -0.479 e. The summed E-state index contributed by atoms with van der Waals surface area (Å²) in [5.41, 5.74) is 2.28. The van der Waals surface area contributed by atoms with E-state index in [0.717, 1.165) is 4.90 Å². The predicted octanol–water partition coefficient (Wildman–Crippen LogP) is 2.87. The molecule has 1 fully saturated rings. The Morgan fingerprint density at radius 1 is 1.33 bits per heavy atom. The van der Waals surface area contributed by atoms with E-state index >= 15 is 0 Å². The van der Waals surface area contributed by atoms with E-state index < -0.39 is 39.2 Å². The van der Waals surface area contributed by atoms with Crippen LogP contribution >= 0.6 is 0 Å². The highest BCUT2D eigenvalue weighted by atomic mass is 19.3. The van der Waals surface area contributed by atoms with Crippen molar-refractivity contribution >= 4 is 22.5 Å². The van der Waals surface area contributed by atoms with Gasteiger partial charge in [-0.3, -0.25) is 0 Å². The number of fused-ring (bicyclic) bond motifs is 2. The number of nitrogens with zero attached hydrogens (tertiary/aromatic N) is 7.